The van der Waals surface area contributed by atoms with Crippen molar-refractivity contribution in [3.05, 3.63) is 12.4 Å². The van der Waals surface area contributed by atoms with E-state index in [1.807, 2.05) is 17.1 Å². The molecule has 0 saturated heterocycles. The van der Waals surface area contributed by atoms with Crippen molar-refractivity contribution in [1.82, 2.24) is 9.78 Å². The highest BCUT2D eigenvalue weighted by Gasteiger charge is 2.55. The second-order valence-corrected chi connectivity index (χ2v) is 6.88. The highest BCUT2D eigenvalue weighted by Crippen LogP contribution is 2.55. The summed E-state index contributed by atoms with van der Waals surface area (Å²) in [5.41, 5.74) is 0.236. The van der Waals surface area contributed by atoms with Gasteiger partial charge < -0.3 is 4.74 Å². The average Bonchev–Trinajstić information content (AvgIpc) is 2.88. The first kappa shape index (κ1) is 13.3. The minimum Gasteiger partial charge on any atom is -0.486 e. The predicted octanol–water partition coefficient (Wildman–Crippen LogP) is 4.17. The highest BCUT2D eigenvalue weighted by molar-refractivity contribution is 6.21. The lowest BCUT2D eigenvalue weighted by atomic mass is 9.58. The van der Waals surface area contributed by atoms with Crippen LogP contribution >= 0.6 is 11.6 Å². The molecule has 4 heteroatoms. The lowest BCUT2D eigenvalue weighted by Gasteiger charge is -2.54. The van der Waals surface area contributed by atoms with Gasteiger partial charge in [-0.25, -0.2) is 0 Å². The summed E-state index contributed by atoms with van der Waals surface area (Å²) in [6.45, 7) is 4.25. The Bertz CT molecular complexity index is 437. The van der Waals surface area contributed by atoms with Gasteiger partial charge in [0.25, 0.3) is 0 Å². The van der Waals surface area contributed by atoms with Gasteiger partial charge in [0, 0.05) is 23.3 Å². The zero-order valence-electron chi connectivity index (χ0n) is 11.8. The monoisotopic (exact) mass is 282 g/mol. The number of hydrogen-bond acceptors (Lipinski definition) is 2. The summed E-state index contributed by atoms with van der Waals surface area (Å²) in [6, 6.07) is 0.378. The molecule has 19 heavy (non-hydrogen) atoms. The molecule has 0 aromatic carbocycles. The van der Waals surface area contributed by atoms with Gasteiger partial charge in [0.15, 0.2) is 5.75 Å². The van der Waals surface area contributed by atoms with E-state index in [1.54, 1.807) is 0 Å². The fourth-order valence-electron chi connectivity index (χ4n) is 3.54. The van der Waals surface area contributed by atoms with E-state index in [9.17, 15) is 0 Å². The van der Waals surface area contributed by atoms with Crippen LogP contribution in [0.3, 0.4) is 0 Å². The van der Waals surface area contributed by atoms with Gasteiger partial charge in [0.1, 0.15) is 6.10 Å². The van der Waals surface area contributed by atoms with Gasteiger partial charge in [0.2, 0.25) is 0 Å². The van der Waals surface area contributed by atoms with Crippen LogP contribution in [0.2, 0.25) is 0 Å². The fourth-order valence-corrected chi connectivity index (χ4v) is 4.06. The molecule has 1 heterocycles. The van der Waals surface area contributed by atoms with Crippen molar-refractivity contribution in [2.24, 2.45) is 5.41 Å². The maximum atomic E-state index is 6.50. The maximum absolute atomic E-state index is 6.50. The molecule has 3 nitrogen and oxygen atoms in total. The lowest BCUT2D eigenvalue weighted by molar-refractivity contribution is -0.0650. The Labute approximate surface area is 120 Å². The van der Waals surface area contributed by atoms with Crippen molar-refractivity contribution in [3.63, 3.8) is 0 Å². The Morgan fingerprint density at radius 3 is 2.68 bits per heavy atom. The van der Waals surface area contributed by atoms with Crippen LogP contribution in [0.25, 0.3) is 0 Å². The Morgan fingerprint density at radius 1 is 1.37 bits per heavy atom. The van der Waals surface area contributed by atoms with Crippen LogP contribution in [0.1, 0.15) is 58.4 Å². The molecule has 0 N–H and O–H groups in total. The summed E-state index contributed by atoms with van der Waals surface area (Å²) >= 11 is 6.50. The summed E-state index contributed by atoms with van der Waals surface area (Å²) in [6.07, 6.45) is 11.5. The minimum atomic E-state index is 0.236. The molecule has 0 amide bonds. The molecule has 106 valence electrons. The second kappa shape index (κ2) is 5.01. The van der Waals surface area contributed by atoms with Crippen molar-refractivity contribution >= 4 is 11.6 Å². The Hall–Kier alpha value is -0.700. The molecule has 1 aromatic rings. The number of ether oxygens (including phenoxy) is 1. The van der Waals surface area contributed by atoms with Gasteiger partial charge in [-0.05, 0) is 26.7 Å². The molecule has 0 aliphatic heterocycles. The number of halogens is 1. The molecule has 2 atom stereocenters. The largest absolute Gasteiger partial charge is 0.486 e. The van der Waals surface area contributed by atoms with Crippen LogP contribution in [-0.4, -0.2) is 21.3 Å². The number of nitrogens with zero attached hydrogens (tertiary/aromatic N) is 2. The van der Waals surface area contributed by atoms with E-state index in [0.29, 0.717) is 17.5 Å². The fraction of sp³-hybridized carbons (Fsp3) is 0.800. The summed E-state index contributed by atoms with van der Waals surface area (Å²) in [5.74, 6) is 0.896. The SMILES string of the molecule is CC(C)n1cc(OC2CC(Cl)C23CCCCC3)cn1. The molecule has 2 saturated carbocycles. The van der Waals surface area contributed by atoms with Crippen LogP contribution < -0.4 is 4.74 Å². The first-order valence-corrected chi connectivity index (χ1v) is 7.90. The number of aromatic nitrogens is 2. The lowest BCUT2D eigenvalue weighted by Crippen LogP contribution is -2.58. The average molecular weight is 283 g/mol. The minimum absolute atomic E-state index is 0.236. The van der Waals surface area contributed by atoms with Gasteiger partial charge in [0.05, 0.1) is 12.4 Å². The van der Waals surface area contributed by atoms with Gasteiger partial charge >= 0.3 is 0 Å². The normalized spacial score (nSPS) is 29.5. The Balaban J connectivity index is 1.69. The summed E-state index contributed by atoms with van der Waals surface area (Å²) in [4.78, 5) is 0. The smallest absolute Gasteiger partial charge is 0.157 e. The Morgan fingerprint density at radius 2 is 2.11 bits per heavy atom. The van der Waals surface area contributed by atoms with Crippen LogP contribution in [-0.2, 0) is 0 Å². The van der Waals surface area contributed by atoms with E-state index in [0.717, 1.165) is 12.2 Å². The van der Waals surface area contributed by atoms with Crippen LogP contribution in [0.15, 0.2) is 12.4 Å². The molecule has 0 bridgehead atoms. The van der Waals surface area contributed by atoms with Gasteiger partial charge in [-0.15, -0.1) is 11.6 Å². The predicted molar refractivity (Wildman–Crippen MR) is 76.8 cm³/mol. The first-order valence-electron chi connectivity index (χ1n) is 7.47. The molecule has 2 unspecified atom stereocenters. The molecule has 1 spiro atoms. The summed E-state index contributed by atoms with van der Waals surface area (Å²) < 4.78 is 8.12. The molecular formula is C15H23ClN2O. The van der Waals surface area contributed by atoms with E-state index >= 15 is 0 Å². The first-order chi connectivity index (χ1) is 9.12. The van der Waals surface area contributed by atoms with Crippen molar-refractivity contribution in [2.45, 2.75) is 69.9 Å². The third kappa shape index (κ3) is 2.26. The standard InChI is InChI=1S/C15H23ClN2O/c1-11(2)18-10-12(9-17-18)19-14-8-13(16)15(14)6-4-3-5-7-15/h9-11,13-14H,3-8H2,1-2H3. The van der Waals surface area contributed by atoms with E-state index < -0.39 is 0 Å². The molecule has 2 aliphatic carbocycles. The van der Waals surface area contributed by atoms with E-state index in [-0.39, 0.29) is 5.41 Å². The zero-order valence-corrected chi connectivity index (χ0v) is 12.6. The van der Waals surface area contributed by atoms with Crippen LogP contribution in [0.4, 0.5) is 0 Å². The molecular weight excluding hydrogens is 260 g/mol. The summed E-state index contributed by atoms with van der Waals surface area (Å²) in [5, 5.41) is 4.64. The molecule has 2 aliphatic rings. The number of rotatable bonds is 3. The van der Waals surface area contributed by atoms with E-state index in [2.05, 4.69) is 18.9 Å². The van der Waals surface area contributed by atoms with Crippen molar-refractivity contribution in [2.75, 3.05) is 0 Å². The molecule has 3 rings (SSSR count). The topological polar surface area (TPSA) is 27.1 Å². The summed E-state index contributed by atoms with van der Waals surface area (Å²) in [7, 11) is 0. The number of alkyl halides is 1. The number of hydrogen-bond donors (Lipinski definition) is 0. The van der Waals surface area contributed by atoms with E-state index in [4.69, 9.17) is 16.3 Å². The zero-order chi connectivity index (χ0) is 13.5. The van der Waals surface area contributed by atoms with Crippen LogP contribution in [0, 0.1) is 5.41 Å². The Kier molecular flexibility index (Phi) is 3.50. The third-order valence-corrected chi connectivity index (χ3v) is 5.47. The molecule has 1 aromatic heterocycles. The second-order valence-electron chi connectivity index (χ2n) is 6.35. The van der Waals surface area contributed by atoms with E-state index in [1.165, 1.54) is 32.1 Å². The van der Waals surface area contributed by atoms with Crippen molar-refractivity contribution in [1.29, 1.82) is 0 Å². The van der Waals surface area contributed by atoms with Gasteiger partial charge in [-0.2, -0.15) is 5.10 Å². The maximum Gasteiger partial charge on any atom is 0.157 e. The quantitative estimate of drug-likeness (QED) is 0.778. The highest BCUT2D eigenvalue weighted by atomic mass is 35.5. The van der Waals surface area contributed by atoms with Gasteiger partial charge in [-0.1, -0.05) is 19.3 Å². The third-order valence-electron chi connectivity index (χ3n) is 4.86. The molecule has 2 fully saturated rings. The molecule has 0 radical (unpaired) electrons. The van der Waals surface area contributed by atoms with Gasteiger partial charge in [-0.3, -0.25) is 4.68 Å². The van der Waals surface area contributed by atoms with Crippen molar-refractivity contribution in [3.8, 4) is 5.75 Å². The van der Waals surface area contributed by atoms with Crippen molar-refractivity contribution < 1.29 is 4.74 Å². The van der Waals surface area contributed by atoms with Crippen LogP contribution in [0.5, 0.6) is 5.75 Å².